The molecule has 0 aromatic heterocycles. The van der Waals surface area contributed by atoms with Crippen LogP contribution in [0.4, 0.5) is 0 Å². The van der Waals surface area contributed by atoms with Crippen molar-refractivity contribution >= 4 is 17.7 Å². The molecule has 0 heterocycles. The number of benzene rings is 1. The number of carbonyl (C=O) groups is 1. The van der Waals surface area contributed by atoms with Gasteiger partial charge in [0.2, 0.25) is 5.91 Å². The molecule has 0 radical (unpaired) electrons. The zero-order valence-electron chi connectivity index (χ0n) is 12.3. The molecule has 0 saturated heterocycles. The summed E-state index contributed by atoms with van der Waals surface area (Å²) in [6.07, 6.45) is -0.581. The lowest BCUT2D eigenvalue weighted by Crippen LogP contribution is -2.51. The van der Waals surface area contributed by atoms with Gasteiger partial charge in [0.05, 0.1) is 17.4 Å². The van der Waals surface area contributed by atoms with Gasteiger partial charge in [0, 0.05) is 4.90 Å². The molecular formula is C15H23NO2S. The lowest BCUT2D eigenvalue weighted by atomic mass is 9.99. The number of thioether (sulfide) groups is 1. The molecule has 1 rings (SSSR count). The molecule has 3 nitrogen and oxygen atoms in total. The number of hydrogen-bond acceptors (Lipinski definition) is 3. The maximum Gasteiger partial charge on any atom is 0.230 e. The Bertz CT molecular complexity index is 455. The molecule has 1 aromatic rings. The number of aliphatic hydroxyl groups excluding tert-OH is 1. The molecule has 0 fully saturated rings. The molecule has 0 aliphatic heterocycles. The lowest BCUT2D eigenvalue weighted by Gasteiger charge is -2.29. The second-order valence-corrected chi connectivity index (χ2v) is 6.52. The molecule has 1 aromatic carbocycles. The third kappa shape index (κ3) is 4.88. The summed E-state index contributed by atoms with van der Waals surface area (Å²) >= 11 is 1.53. The quantitative estimate of drug-likeness (QED) is 0.816. The number of hydrogen-bond donors (Lipinski definition) is 2. The predicted molar refractivity (Wildman–Crippen MR) is 80.5 cm³/mol. The van der Waals surface area contributed by atoms with Gasteiger partial charge in [-0.1, -0.05) is 17.7 Å². The van der Waals surface area contributed by atoms with E-state index in [1.807, 2.05) is 27.7 Å². The summed E-state index contributed by atoms with van der Waals surface area (Å²) in [5.41, 5.74) is 1.77. The fourth-order valence-corrected chi connectivity index (χ4v) is 2.43. The fraction of sp³-hybridized carbons (Fsp3) is 0.533. The van der Waals surface area contributed by atoms with E-state index in [9.17, 15) is 9.90 Å². The van der Waals surface area contributed by atoms with Crippen LogP contribution < -0.4 is 5.32 Å². The smallest absolute Gasteiger partial charge is 0.230 e. The van der Waals surface area contributed by atoms with Gasteiger partial charge in [0.1, 0.15) is 0 Å². The van der Waals surface area contributed by atoms with Crippen molar-refractivity contribution in [2.75, 3.05) is 5.75 Å². The van der Waals surface area contributed by atoms with Crippen molar-refractivity contribution in [1.82, 2.24) is 5.32 Å². The Morgan fingerprint density at radius 2 is 2.05 bits per heavy atom. The van der Waals surface area contributed by atoms with Gasteiger partial charge in [-0.2, -0.15) is 0 Å². The van der Waals surface area contributed by atoms with Crippen molar-refractivity contribution in [3.63, 3.8) is 0 Å². The molecule has 4 heteroatoms. The molecule has 0 spiro atoms. The Morgan fingerprint density at radius 3 is 2.63 bits per heavy atom. The highest BCUT2D eigenvalue weighted by molar-refractivity contribution is 8.00. The third-order valence-electron chi connectivity index (χ3n) is 3.21. The summed E-state index contributed by atoms with van der Waals surface area (Å²) < 4.78 is 0. The van der Waals surface area contributed by atoms with Crippen LogP contribution in [0, 0.1) is 13.8 Å². The number of amides is 1. The first-order chi connectivity index (χ1) is 8.72. The van der Waals surface area contributed by atoms with E-state index in [0.717, 1.165) is 4.90 Å². The molecule has 0 bridgehead atoms. The minimum absolute atomic E-state index is 0.0585. The first-order valence-corrected chi connectivity index (χ1v) is 7.40. The average molecular weight is 281 g/mol. The molecule has 106 valence electrons. The SMILES string of the molecule is Cc1ccc(C)c(SCC(=O)NC(C)(C)C(C)O)c1. The zero-order chi connectivity index (χ0) is 14.6. The van der Waals surface area contributed by atoms with Crippen molar-refractivity contribution in [1.29, 1.82) is 0 Å². The minimum Gasteiger partial charge on any atom is -0.391 e. The maximum atomic E-state index is 11.9. The first kappa shape index (κ1) is 16.1. The highest BCUT2D eigenvalue weighted by Crippen LogP contribution is 2.23. The number of nitrogens with one attached hydrogen (secondary N) is 1. The van der Waals surface area contributed by atoms with Gasteiger partial charge in [-0.15, -0.1) is 11.8 Å². The summed E-state index contributed by atoms with van der Waals surface area (Å²) in [6.45, 7) is 9.40. The van der Waals surface area contributed by atoms with Gasteiger partial charge in [-0.3, -0.25) is 4.79 Å². The van der Waals surface area contributed by atoms with E-state index in [2.05, 4.69) is 23.5 Å². The van der Waals surface area contributed by atoms with Crippen LogP contribution >= 0.6 is 11.8 Å². The van der Waals surface area contributed by atoms with Crippen LogP contribution in [0.1, 0.15) is 31.9 Å². The maximum absolute atomic E-state index is 11.9. The van der Waals surface area contributed by atoms with Gasteiger partial charge in [0.15, 0.2) is 0 Å². The van der Waals surface area contributed by atoms with Crippen LogP contribution in [0.25, 0.3) is 0 Å². The zero-order valence-corrected chi connectivity index (χ0v) is 13.1. The normalized spacial score (nSPS) is 13.2. The Morgan fingerprint density at radius 1 is 1.42 bits per heavy atom. The monoisotopic (exact) mass is 281 g/mol. The van der Waals surface area contributed by atoms with Gasteiger partial charge >= 0.3 is 0 Å². The van der Waals surface area contributed by atoms with Gasteiger partial charge in [-0.25, -0.2) is 0 Å². The van der Waals surface area contributed by atoms with Crippen LogP contribution in [-0.2, 0) is 4.79 Å². The molecule has 2 N–H and O–H groups in total. The first-order valence-electron chi connectivity index (χ1n) is 6.41. The summed E-state index contributed by atoms with van der Waals surface area (Å²) in [5.74, 6) is 0.303. The summed E-state index contributed by atoms with van der Waals surface area (Å²) in [5, 5.41) is 12.4. The second kappa shape index (κ2) is 6.44. The van der Waals surface area contributed by atoms with E-state index in [0.29, 0.717) is 5.75 Å². The summed E-state index contributed by atoms with van der Waals surface area (Å²) in [4.78, 5) is 13.0. The minimum atomic E-state index is -0.598. The molecule has 0 aliphatic rings. The summed E-state index contributed by atoms with van der Waals surface area (Å²) in [6, 6.07) is 6.22. The molecule has 1 amide bonds. The van der Waals surface area contributed by atoms with Gasteiger partial charge in [-0.05, 0) is 46.2 Å². The Balaban J connectivity index is 2.57. The van der Waals surface area contributed by atoms with Crippen molar-refractivity contribution in [3.8, 4) is 0 Å². The predicted octanol–water partition coefficient (Wildman–Crippen LogP) is 2.67. The molecule has 1 atom stereocenters. The third-order valence-corrected chi connectivity index (χ3v) is 4.37. The Kier molecular flexibility index (Phi) is 5.44. The second-order valence-electron chi connectivity index (χ2n) is 5.50. The Hall–Kier alpha value is -1.00. The van der Waals surface area contributed by atoms with Crippen molar-refractivity contribution < 1.29 is 9.90 Å². The van der Waals surface area contributed by atoms with E-state index in [4.69, 9.17) is 0 Å². The van der Waals surface area contributed by atoms with Crippen LogP contribution in [0.15, 0.2) is 23.1 Å². The number of rotatable bonds is 5. The largest absolute Gasteiger partial charge is 0.391 e. The van der Waals surface area contributed by atoms with Crippen molar-refractivity contribution in [2.24, 2.45) is 0 Å². The van der Waals surface area contributed by atoms with Crippen molar-refractivity contribution in [2.45, 2.75) is 51.2 Å². The number of aliphatic hydroxyl groups is 1. The Labute approximate surface area is 119 Å². The molecule has 1 unspecified atom stereocenters. The van der Waals surface area contributed by atoms with E-state index in [-0.39, 0.29) is 5.91 Å². The highest BCUT2D eigenvalue weighted by atomic mass is 32.2. The highest BCUT2D eigenvalue weighted by Gasteiger charge is 2.25. The van der Waals surface area contributed by atoms with E-state index in [1.54, 1.807) is 6.92 Å². The van der Waals surface area contributed by atoms with Crippen LogP contribution in [0.2, 0.25) is 0 Å². The topological polar surface area (TPSA) is 49.3 Å². The molecule has 19 heavy (non-hydrogen) atoms. The van der Waals surface area contributed by atoms with Crippen LogP contribution in [0.5, 0.6) is 0 Å². The molecule has 0 aliphatic carbocycles. The standard InChI is InChI=1S/C15H23NO2S/c1-10-6-7-11(2)13(8-10)19-9-14(18)16-15(4,5)12(3)17/h6-8,12,17H,9H2,1-5H3,(H,16,18). The van der Waals surface area contributed by atoms with Gasteiger partial charge in [0.25, 0.3) is 0 Å². The van der Waals surface area contributed by atoms with Crippen molar-refractivity contribution in [3.05, 3.63) is 29.3 Å². The average Bonchev–Trinajstić information content (AvgIpc) is 2.29. The summed E-state index contributed by atoms with van der Waals surface area (Å²) in [7, 11) is 0. The lowest BCUT2D eigenvalue weighted by molar-refractivity contribution is -0.121. The van der Waals surface area contributed by atoms with E-state index >= 15 is 0 Å². The molecule has 0 saturated carbocycles. The van der Waals surface area contributed by atoms with E-state index in [1.165, 1.54) is 22.9 Å². The van der Waals surface area contributed by atoms with Gasteiger partial charge < -0.3 is 10.4 Å². The number of carbonyl (C=O) groups excluding carboxylic acids is 1. The number of aryl methyl sites for hydroxylation is 2. The molecular weight excluding hydrogens is 258 g/mol. The van der Waals surface area contributed by atoms with Crippen LogP contribution in [-0.4, -0.2) is 28.4 Å². The van der Waals surface area contributed by atoms with Crippen LogP contribution in [0.3, 0.4) is 0 Å². The van der Waals surface area contributed by atoms with E-state index < -0.39 is 11.6 Å². The fourth-order valence-electron chi connectivity index (χ4n) is 1.51.